The first-order chi connectivity index (χ1) is 16.5. The third kappa shape index (κ3) is 6.35. The molecule has 6 nitrogen and oxygen atoms in total. The second kappa shape index (κ2) is 10.7. The molecule has 1 amide bonds. The molecular weight excluding hydrogens is 462 g/mol. The van der Waals surface area contributed by atoms with Crippen LogP contribution in [0.2, 0.25) is 5.02 Å². The monoisotopic (exact) mass is 495 g/mol. The molecule has 2 aliphatic rings. The minimum atomic E-state index is -0.406. The molecule has 4 rings (SSSR count). The normalized spacial score (nSPS) is 18.9. The Kier molecular flexibility index (Phi) is 8.12. The van der Waals surface area contributed by atoms with E-state index in [1.165, 1.54) is 0 Å². The van der Waals surface area contributed by atoms with E-state index in [4.69, 9.17) is 27.3 Å². The molecule has 2 aromatic carbocycles. The van der Waals surface area contributed by atoms with E-state index in [-0.39, 0.29) is 22.9 Å². The van der Waals surface area contributed by atoms with Crippen LogP contribution in [0, 0.1) is 28.1 Å². The topological polar surface area (TPSA) is 96.4 Å². The molecule has 2 fully saturated rings. The molecule has 1 saturated heterocycles. The number of hydrogen-bond donors (Lipinski definition) is 1. The van der Waals surface area contributed by atoms with Crippen LogP contribution in [0.25, 0.3) is 0 Å². The maximum atomic E-state index is 10.9. The van der Waals surface area contributed by atoms with Gasteiger partial charge in [0.1, 0.15) is 24.2 Å². The lowest BCUT2D eigenvalue weighted by Gasteiger charge is -2.56. The van der Waals surface area contributed by atoms with Crippen molar-refractivity contribution in [3.05, 3.63) is 58.6 Å². The molecule has 0 aromatic heterocycles. The molecule has 2 aromatic rings. The number of nitrogens with zero attached hydrogens (tertiary/aromatic N) is 2. The predicted octanol–water partition coefficient (Wildman–Crippen LogP) is 5.62. The molecule has 0 bridgehead atoms. The quantitative estimate of drug-likeness (QED) is 0.543. The van der Waals surface area contributed by atoms with Crippen molar-refractivity contribution in [2.45, 2.75) is 53.1 Å². The number of carbonyl (C=O) groups is 2. The fourth-order valence-corrected chi connectivity index (χ4v) is 5.74. The van der Waals surface area contributed by atoms with E-state index in [1.807, 2.05) is 24.3 Å². The first kappa shape index (κ1) is 26.6. The van der Waals surface area contributed by atoms with Gasteiger partial charge in [-0.15, -0.1) is 0 Å². The summed E-state index contributed by atoms with van der Waals surface area (Å²) in [4.78, 5) is 23.8. The Morgan fingerprint density at radius 3 is 2.17 bits per heavy atom. The number of benzene rings is 2. The van der Waals surface area contributed by atoms with Gasteiger partial charge in [0.25, 0.3) is 0 Å². The SMILES string of the molecule is CC1(C)CC(C)(C)C1Oc1ccc(C#N)c(Cl)c1.NC(=O)c1ccc(N2CCC(C=O)CC2)cc1. The number of nitrogens with two attached hydrogens (primary N) is 1. The predicted molar refractivity (Wildman–Crippen MR) is 139 cm³/mol. The third-order valence-electron chi connectivity index (χ3n) is 6.89. The summed E-state index contributed by atoms with van der Waals surface area (Å²) in [5, 5.41) is 9.29. The zero-order valence-corrected chi connectivity index (χ0v) is 21.6. The van der Waals surface area contributed by atoms with Gasteiger partial charge in [0, 0.05) is 47.2 Å². The Morgan fingerprint density at radius 2 is 1.71 bits per heavy atom. The van der Waals surface area contributed by atoms with Crippen LogP contribution < -0.4 is 15.4 Å². The van der Waals surface area contributed by atoms with Crippen molar-refractivity contribution in [2.24, 2.45) is 22.5 Å². The highest BCUT2D eigenvalue weighted by Crippen LogP contribution is 2.55. The molecule has 0 unspecified atom stereocenters. The largest absolute Gasteiger partial charge is 0.489 e. The van der Waals surface area contributed by atoms with Gasteiger partial charge in [-0.3, -0.25) is 4.79 Å². The van der Waals surface area contributed by atoms with Crippen LogP contribution in [0.5, 0.6) is 5.75 Å². The molecular formula is C28H34ClN3O3. The van der Waals surface area contributed by atoms with Crippen molar-refractivity contribution in [1.82, 2.24) is 0 Å². The Balaban J connectivity index is 0.000000196. The second-order valence-corrected chi connectivity index (χ2v) is 11.2. The van der Waals surface area contributed by atoms with Crippen LogP contribution >= 0.6 is 11.6 Å². The van der Waals surface area contributed by atoms with Crippen molar-refractivity contribution in [2.75, 3.05) is 18.0 Å². The lowest BCUT2D eigenvalue weighted by atomic mass is 9.53. The molecule has 1 aliphatic carbocycles. The highest BCUT2D eigenvalue weighted by atomic mass is 35.5. The highest BCUT2D eigenvalue weighted by molar-refractivity contribution is 6.31. The molecule has 0 spiro atoms. The Bertz CT molecular complexity index is 1080. The molecule has 0 atom stereocenters. The fourth-order valence-electron chi connectivity index (χ4n) is 5.53. The minimum Gasteiger partial charge on any atom is -0.489 e. The standard InChI is InChI=1S/C15H18ClNO.C13H16N2O2/c1-14(2)9-15(3,4)13(14)18-11-6-5-10(8-17)12(16)7-11;14-13(17)11-1-3-12(4-2-11)15-7-5-10(9-16)6-8-15/h5-7,13H,9H2,1-4H3;1-4,9-10H,5-8H2,(H2,14,17). The van der Waals surface area contributed by atoms with Crippen LogP contribution in [0.1, 0.15) is 62.9 Å². The minimum absolute atomic E-state index is 0.175. The van der Waals surface area contributed by atoms with Crippen molar-refractivity contribution >= 4 is 29.5 Å². The molecule has 2 N–H and O–H groups in total. The Labute approximate surface area is 213 Å². The number of carbonyl (C=O) groups excluding carboxylic acids is 2. The van der Waals surface area contributed by atoms with Gasteiger partial charge < -0.3 is 20.2 Å². The van der Waals surface area contributed by atoms with E-state index in [0.717, 1.165) is 50.1 Å². The average molecular weight is 496 g/mol. The lowest BCUT2D eigenvalue weighted by molar-refractivity contribution is -0.133. The van der Waals surface area contributed by atoms with Gasteiger partial charge in [-0.2, -0.15) is 5.26 Å². The van der Waals surface area contributed by atoms with Crippen LogP contribution in [0.3, 0.4) is 0 Å². The van der Waals surface area contributed by atoms with Crippen molar-refractivity contribution in [3.8, 4) is 11.8 Å². The van der Waals surface area contributed by atoms with Gasteiger partial charge in [0.05, 0.1) is 10.6 Å². The summed E-state index contributed by atoms with van der Waals surface area (Å²) in [6.07, 6.45) is 4.18. The maximum absolute atomic E-state index is 10.9. The van der Waals surface area contributed by atoms with E-state index in [1.54, 1.807) is 24.3 Å². The van der Waals surface area contributed by atoms with Gasteiger partial charge >= 0.3 is 0 Å². The number of hydrogen-bond acceptors (Lipinski definition) is 5. The van der Waals surface area contributed by atoms with E-state index >= 15 is 0 Å². The van der Waals surface area contributed by atoms with Gasteiger partial charge in [-0.1, -0.05) is 39.3 Å². The number of halogens is 1. The smallest absolute Gasteiger partial charge is 0.248 e. The number of anilines is 1. The van der Waals surface area contributed by atoms with E-state index in [0.29, 0.717) is 16.1 Å². The molecule has 0 radical (unpaired) electrons. The number of aldehydes is 1. The molecule has 186 valence electrons. The Hall–Kier alpha value is -3.04. The van der Waals surface area contributed by atoms with Gasteiger partial charge in [0.15, 0.2) is 0 Å². The van der Waals surface area contributed by atoms with Gasteiger partial charge in [-0.25, -0.2) is 0 Å². The van der Waals surface area contributed by atoms with Crippen molar-refractivity contribution in [1.29, 1.82) is 5.26 Å². The molecule has 7 heteroatoms. The highest BCUT2D eigenvalue weighted by Gasteiger charge is 2.54. The number of primary amides is 1. The Morgan fingerprint density at radius 1 is 1.11 bits per heavy atom. The van der Waals surface area contributed by atoms with E-state index < -0.39 is 5.91 Å². The molecule has 1 heterocycles. The third-order valence-corrected chi connectivity index (χ3v) is 7.21. The van der Waals surface area contributed by atoms with Crippen LogP contribution in [0.4, 0.5) is 5.69 Å². The zero-order valence-electron chi connectivity index (χ0n) is 20.9. The maximum Gasteiger partial charge on any atom is 0.248 e. The molecule has 1 saturated carbocycles. The fraction of sp³-hybridized carbons (Fsp3) is 0.464. The van der Waals surface area contributed by atoms with Crippen LogP contribution in [0.15, 0.2) is 42.5 Å². The van der Waals surface area contributed by atoms with Crippen molar-refractivity contribution < 1.29 is 14.3 Å². The summed E-state index contributed by atoms with van der Waals surface area (Å²) >= 11 is 6.01. The number of nitriles is 1. The average Bonchev–Trinajstić information content (AvgIpc) is 2.82. The summed E-state index contributed by atoms with van der Waals surface area (Å²) in [7, 11) is 0. The number of rotatable bonds is 5. The van der Waals surface area contributed by atoms with E-state index in [2.05, 4.69) is 32.6 Å². The summed E-state index contributed by atoms with van der Waals surface area (Å²) in [6, 6.07) is 14.6. The van der Waals surface area contributed by atoms with E-state index in [9.17, 15) is 9.59 Å². The van der Waals surface area contributed by atoms with Crippen LogP contribution in [-0.4, -0.2) is 31.4 Å². The molecule has 35 heavy (non-hydrogen) atoms. The number of amides is 1. The lowest BCUT2D eigenvalue weighted by Crippen LogP contribution is -2.58. The molecule has 1 aliphatic heterocycles. The summed E-state index contributed by atoms with van der Waals surface area (Å²) in [5.74, 6) is 0.539. The van der Waals surface area contributed by atoms with Crippen molar-refractivity contribution in [3.63, 3.8) is 0 Å². The summed E-state index contributed by atoms with van der Waals surface area (Å²) in [5.41, 5.74) is 7.65. The first-order valence-electron chi connectivity index (χ1n) is 11.9. The zero-order chi connectivity index (χ0) is 25.8. The summed E-state index contributed by atoms with van der Waals surface area (Å²) in [6.45, 7) is 10.6. The van der Waals surface area contributed by atoms with Gasteiger partial charge in [0.2, 0.25) is 5.91 Å². The first-order valence-corrected chi connectivity index (χ1v) is 12.3. The number of ether oxygens (including phenoxy) is 1. The van der Waals surface area contributed by atoms with Crippen LogP contribution in [-0.2, 0) is 4.79 Å². The second-order valence-electron chi connectivity index (χ2n) is 10.8. The summed E-state index contributed by atoms with van der Waals surface area (Å²) < 4.78 is 6.07. The van der Waals surface area contributed by atoms with Gasteiger partial charge in [-0.05, 0) is 55.7 Å². The number of piperidine rings is 1.